The summed E-state index contributed by atoms with van der Waals surface area (Å²) in [5.74, 6) is 0.163. The van der Waals surface area contributed by atoms with Crippen LogP contribution in [0.3, 0.4) is 0 Å². The van der Waals surface area contributed by atoms with Crippen LogP contribution in [0.25, 0.3) is 0 Å². The Morgan fingerprint density at radius 3 is 2.55 bits per heavy atom. The van der Waals surface area contributed by atoms with Crippen molar-refractivity contribution in [2.24, 2.45) is 0 Å². The number of anilines is 1. The molecule has 0 spiro atoms. The Morgan fingerprint density at radius 2 is 1.76 bits per heavy atom. The number of carbonyl (C=O) groups excluding carboxylic acids is 2. The lowest BCUT2D eigenvalue weighted by Gasteiger charge is -2.22. The maximum atomic E-state index is 12.9. The number of ether oxygens (including phenoxy) is 2. The summed E-state index contributed by atoms with van der Waals surface area (Å²) in [5.41, 5.74) is 4.10. The van der Waals surface area contributed by atoms with E-state index in [1.807, 2.05) is 12.1 Å². The highest BCUT2D eigenvalue weighted by molar-refractivity contribution is 7.17. The standard InChI is InChI=1S/C23H27NO4S/c1-14(28-18-12-7-9-15-8-3-4-10-16(15)18)21(25)24-22-20(23(26)27-2)17-11-5-6-13-19(17)29-22/h7,9,12,14H,3-6,8,10-11,13H2,1-2H3,(H,24,25). The molecule has 1 atom stereocenters. The highest BCUT2D eigenvalue weighted by Gasteiger charge is 2.28. The van der Waals surface area contributed by atoms with Gasteiger partial charge in [-0.1, -0.05) is 12.1 Å². The number of methoxy groups -OCH3 is 1. The number of nitrogens with one attached hydrogen (secondary N) is 1. The van der Waals surface area contributed by atoms with Crippen LogP contribution < -0.4 is 10.1 Å². The molecule has 0 radical (unpaired) electrons. The van der Waals surface area contributed by atoms with E-state index in [0.29, 0.717) is 10.6 Å². The predicted octanol–water partition coefficient (Wildman–Crippen LogP) is 4.70. The Bertz CT molecular complexity index is 933. The van der Waals surface area contributed by atoms with Crippen LogP contribution in [0.4, 0.5) is 5.00 Å². The first-order valence-electron chi connectivity index (χ1n) is 10.4. The minimum Gasteiger partial charge on any atom is -0.481 e. The first kappa shape index (κ1) is 20.0. The van der Waals surface area contributed by atoms with E-state index in [-0.39, 0.29) is 11.9 Å². The molecule has 2 aromatic rings. The average molecular weight is 414 g/mol. The molecular weight excluding hydrogens is 386 g/mol. The van der Waals surface area contributed by atoms with Crippen LogP contribution in [0.5, 0.6) is 5.75 Å². The topological polar surface area (TPSA) is 64.6 Å². The fourth-order valence-corrected chi connectivity index (χ4v) is 5.57. The number of rotatable bonds is 5. The minimum absolute atomic E-state index is 0.248. The van der Waals surface area contributed by atoms with Crippen molar-refractivity contribution in [1.82, 2.24) is 0 Å². The molecule has 29 heavy (non-hydrogen) atoms. The van der Waals surface area contributed by atoms with Gasteiger partial charge in [-0.3, -0.25) is 4.79 Å². The molecule has 0 saturated carbocycles. The molecule has 1 aromatic carbocycles. The van der Waals surface area contributed by atoms with Crippen molar-refractivity contribution >= 4 is 28.2 Å². The van der Waals surface area contributed by atoms with Crippen molar-refractivity contribution in [3.05, 3.63) is 45.3 Å². The summed E-state index contributed by atoms with van der Waals surface area (Å²) in [7, 11) is 1.38. The maximum absolute atomic E-state index is 12.9. The molecule has 1 N–H and O–H groups in total. The fourth-order valence-electron chi connectivity index (χ4n) is 4.29. The van der Waals surface area contributed by atoms with Gasteiger partial charge in [0.05, 0.1) is 12.7 Å². The Balaban J connectivity index is 1.53. The number of fused-ring (bicyclic) bond motifs is 2. The van der Waals surface area contributed by atoms with Crippen LogP contribution >= 0.6 is 11.3 Å². The van der Waals surface area contributed by atoms with E-state index in [9.17, 15) is 9.59 Å². The van der Waals surface area contributed by atoms with Gasteiger partial charge in [0.25, 0.3) is 5.91 Å². The van der Waals surface area contributed by atoms with Gasteiger partial charge in [-0.25, -0.2) is 4.79 Å². The number of thiophene rings is 1. The summed E-state index contributed by atoms with van der Waals surface area (Å²) in [6.45, 7) is 1.75. The van der Waals surface area contributed by atoms with Gasteiger partial charge in [0.1, 0.15) is 10.8 Å². The summed E-state index contributed by atoms with van der Waals surface area (Å²) >= 11 is 1.49. The van der Waals surface area contributed by atoms with Gasteiger partial charge >= 0.3 is 5.97 Å². The number of aryl methyl sites for hydroxylation is 2. The van der Waals surface area contributed by atoms with Crippen LogP contribution in [0.1, 0.15) is 64.5 Å². The normalized spacial score (nSPS) is 16.3. The molecule has 1 aromatic heterocycles. The van der Waals surface area contributed by atoms with E-state index in [1.54, 1.807) is 6.92 Å². The molecule has 0 bridgehead atoms. The lowest BCUT2D eigenvalue weighted by atomic mass is 9.91. The van der Waals surface area contributed by atoms with Crippen molar-refractivity contribution in [2.45, 2.75) is 64.4 Å². The van der Waals surface area contributed by atoms with Gasteiger partial charge in [0.15, 0.2) is 6.10 Å². The van der Waals surface area contributed by atoms with Gasteiger partial charge < -0.3 is 14.8 Å². The van der Waals surface area contributed by atoms with Crippen LogP contribution in [0, 0.1) is 0 Å². The summed E-state index contributed by atoms with van der Waals surface area (Å²) in [6, 6.07) is 6.08. The van der Waals surface area contributed by atoms with Crippen LogP contribution in [-0.2, 0) is 35.2 Å². The van der Waals surface area contributed by atoms with Gasteiger partial charge in [-0.15, -0.1) is 11.3 Å². The second-order valence-corrected chi connectivity index (χ2v) is 8.86. The van der Waals surface area contributed by atoms with E-state index in [4.69, 9.17) is 9.47 Å². The van der Waals surface area contributed by atoms with Crippen LogP contribution in [-0.4, -0.2) is 25.1 Å². The third-order valence-electron chi connectivity index (χ3n) is 5.82. The van der Waals surface area contributed by atoms with E-state index in [1.165, 1.54) is 40.9 Å². The number of hydrogen-bond acceptors (Lipinski definition) is 5. The largest absolute Gasteiger partial charge is 0.481 e. The second-order valence-electron chi connectivity index (χ2n) is 7.76. The van der Waals surface area contributed by atoms with Crippen molar-refractivity contribution < 1.29 is 19.1 Å². The summed E-state index contributed by atoms with van der Waals surface area (Å²) in [4.78, 5) is 26.4. The number of amides is 1. The molecule has 4 rings (SSSR count). The van der Waals surface area contributed by atoms with Gasteiger partial charge in [-0.2, -0.15) is 0 Å². The van der Waals surface area contributed by atoms with Gasteiger partial charge in [0, 0.05) is 4.88 Å². The zero-order valence-electron chi connectivity index (χ0n) is 17.0. The smallest absolute Gasteiger partial charge is 0.341 e. The Morgan fingerprint density at radius 1 is 1.03 bits per heavy atom. The molecule has 2 aliphatic carbocycles. The predicted molar refractivity (Wildman–Crippen MR) is 114 cm³/mol. The molecule has 1 heterocycles. The first-order chi connectivity index (χ1) is 14.1. The molecule has 1 amide bonds. The number of carbonyl (C=O) groups is 2. The minimum atomic E-state index is -0.659. The Labute approximate surface area is 175 Å². The Kier molecular flexibility index (Phi) is 5.90. The second kappa shape index (κ2) is 8.57. The highest BCUT2D eigenvalue weighted by atomic mass is 32.1. The number of esters is 1. The van der Waals surface area contributed by atoms with Crippen molar-refractivity contribution in [3.8, 4) is 5.75 Å². The third kappa shape index (κ3) is 4.04. The molecule has 2 aliphatic rings. The number of hydrogen-bond donors (Lipinski definition) is 1. The van der Waals surface area contributed by atoms with Crippen LogP contribution in [0.15, 0.2) is 18.2 Å². The van der Waals surface area contributed by atoms with E-state index < -0.39 is 6.10 Å². The van der Waals surface area contributed by atoms with Gasteiger partial charge in [-0.05, 0) is 81.0 Å². The molecule has 0 saturated heterocycles. The number of benzene rings is 1. The first-order valence-corrected chi connectivity index (χ1v) is 11.2. The van der Waals surface area contributed by atoms with E-state index >= 15 is 0 Å². The summed E-state index contributed by atoms with van der Waals surface area (Å²) in [5, 5.41) is 3.52. The van der Waals surface area contributed by atoms with E-state index in [2.05, 4.69) is 11.4 Å². The molecular formula is C23H27NO4S. The summed E-state index contributed by atoms with van der Waals surface area (Å²) in [6.07, 6.45) is 7.72. The lowest BCUT2D eigenvalue weighted by molar-refractivity contribution is -0.122. The molecule has 6 heteroatoms. The fraction of sp³-hybridized carbons (Fsp3) is 0.478. The SMILES string of the molecule is COC(=O)c1c(NC(=O)C(C)Oc2cccc3c2CCCC3)sc2c1CCCC2. The van der Waals surface area contributed by atoms with Crippen molar-refractivity contribution in [3.63, 3.8) is 0 Å². The highest BCUT2D eigenvalue weighted by Crippen LogP contribution is 2.38. The van der Waals surface area contributed by atoms with E-state index in [0.717, 1.165) is 56.3 Å². The zero-order valence-corrected chi connectivity index (χ0v) is 17.8. The maximum Gasteiger partial charge on any atom is 0.341 e. The monoisotopic (exact) mass is 413 g/mol. The molecule has 5 nitrogen and oxygen atoms in total. The van der Waals surface area contributed by atoms with Gasteiger partial charge in [0.2, 0.25) is 0 Å². The lowest BCUT2D eigenvalue weighted by Crippen LogP contribution is -2.31. The molecule has 1 unspecified atom stereocenters. The summed E-state index contributed by atoms with van der Waals surface area (Å²) < 4.78 is 11.0. The molecule has 0 fully saturated rings. The van der Waals surface area contributed by atoms with Crippen molar-refractivity contribution in [1.29, 1.82) is 0 Å². The Hall–Kier alpha value is -2.34. The van der Waals surface area contributed by atoms with Crippen LogP contribution in [0.2, 0.25) is 0 Å². The zero-order chi connectivity index (χ0) is 20.4. The quantitative estimate of drug-likeness (QED) is 0.722. The molecule has 154 valence electrons. The average Bonchev–Trinajstić information content (AvgIpc) is 3.11. The molecule has 0 aliphatic heterocycles. The van der Waals surface area contributed by atoms with Crippen molar-refractivity contribution in [2.75, 3.05) is 12.4 Å². The third-order valence-corrected chi connectivity index (χ3v) is 7.03.